The van der Waals surface area contributed by atoms with Gasteiger partial charge in [0.1, 0.15) is 5.82 Å². The molecule has 0 unspecified atom stereocenters. The summed E-state index contributed by atoms with van der Waals surface area (Å²) in [7, 11) is 0. The summed E-state index contributed by atoms with van der Waals surface area (Å²) in [6.07, 6.45) is 1.73. The lowest BCUT2D eigenvalue weighted by Gasteiger charge is -2.10. The second kappa shape index (κ2) is 11.2. The van der Waals surface area contributed by atoms with Gasteiger partial charge < -0.3 is 15.2 Å². The van der Waals surface area contributed by atoms with E-state index in [1.807, 2.05) is 45.0 Å². The molecule has 0 spiro atoms. The van der Waals surface area contributed by atoms with Crippen LogP contribution in [0, 0.1) is 20.8 Å². The van der Waals surface area contributed by atoms with E-state index in [1.165, 1.54) is 11.8 Å². The molecule has 3 rings (SSSR count). The Bertz CT molecular complexity index is 1190. The van der Waals surface area contributed by atoms with Crippen molar-refractivity contribution >= 4 is 46.6 Å². The second-order valence-electron chi connectivity index (χ2n) is 7.64. The largest absolute Gasteiger partial charge is 0.326 e. The molecular weight excluding hydrogens is 458 g/mol. The van der Waals surface area contributed by atoms with Gasteiger partial charge in [-0.3, -0.25) is 9.59 Å². The standard InChI is InChI=1S/C24H26ClN5O2S/c1-5-10-30-21(13-22(31)26-18-8-7-16(3)19(25)12-18)28-29-24(30)33-14-23(32)27-20-9-6-15(2)11-17(20)4/h5-9,11-12H,1,10,13-14H2,2-4H3,(H,26,31)(H,27,32). The molecule has 2 N–H and O–H groups in total. The zero-order chi connectivity index (χ0) is 24.0. The number of thioether (sulfide) groups is 1. The summed E-state index contributed by atoms with van der Waals surface area (Å²) in [6.45, 7) is 10.1. The number of hydrogen-bond donors (Lipinski definition) is 2. The number of halogens is 1. The lowest BCUT2D eigenvalue weighted by atomic mass is 10.1. The highest BCUT2D eigenvalue weighted by Crippen LogP contribution is 2.22. The van der Waals surface area contributed by atoms with Gasteiger partial charge in [0.25, 0.3) is 0 Å². The molecule has 0 aliphatic carbocycles. The molecule has 1 aromatic heterocycles. The number of aryl methyl sites for hydroxylation is 3. The van der Waals surface area contributed by atoms with Gasteiger partial charge in [-0.15, -0.1) is 16.8 Å². The third-order valence-electron chi connectivity index (χ3n) is 4.87. The third kappa shape index (κ3) is 6.69. The molecule has 0 aliphatic heterocycles. The van der Waals surface area contributed by atoms with E-state index in [9.17, 15) is 9.59 Å². The van der Waals surface area contributed by atoms with Crippen molar-refractivity contribution in [1.82, 2.24) is 14.8 Å². The zero-order valence-electron chi connectivity index (χ0n) is 18.8. The highest BCUT2D eigenvalue weighted by molar-refractivity contribution is 7.99. The number of nitrogens with one attached hydrogen (secondary N) is 2. The molecule has 0 aliphatic rings. The van der Waals surface area contributed by atoms with Crippen LogP contribution in [-0.2, 0) is 22.6 Å². The van der Waals surface area contributed by atoms with Crippen molar-refractivity contribution in [2.75, 3.05) is 16.4 Å². The predicted octanol–water partition coefficient (Wildman–Crippen LogP) is 4.95. The summed E-state index contributed by atoms with van der Waals surface area (Å²) in [5.74, 6) is 0.270. The van der Waals surface area contributed by atoms with E-state index in [2.05, 4.69) is 27.4 Å². The Morgan fingerprint density at radius 3 is 2.55 bits per heavy atom. The number of hydrogen-bond acceptors (Lipinski definition) is 5. The van der Waals surface area contributed by atoms with Crippen molar-refractivity contribution in [1.29, 1.82) is 0 Å². The fraction of sp³-hybridized carbons (Fsp3) is 0.250. The number of allylic oxidation sites excluding steroid dienone is 1. The first-order chi connectivity index (χ1) is 15.8. The van der Waals surface area contributed by atoms with E-state index < -0.39 is 0 Å². The minimum atomic E-state index is -0.239. The quantitative estimate of drug-likeness (QED) is 0.332. The van der Waals surface area contributed by atoms with Crippen molar-refractivity contribution in [3.63, 3.8) is 0 Å². The summed E-state index contributed by atoms with van der Waals surface area (Å²) in [5.41, 5.74) is 4.48. The van der Waals surface area contributed by atoms with Crippen LogP contribution in [0.15, 0.2) is 54.2 Å². The van der Waals surface area contributed by atoms with Gasteiger partial charge >= 0.3 is 0 Å². The summed E-state index contributed by atoms with van der Waals surface area (Å²) in [6, 6.07) is 11.2. The Labute approximate surface area is 202 Å². The predicted molar refractivity (Wildman–Crippen MR) is 134 cm³/mol. The zero-order valence-corrected chi connectivity index (χ0v) is 20.4. The molecule has 33 heavy (non-hydrogen) atoms. The maximum absolute atomic E-state index is 12.5. The topological polar surface area (TPSA) is 88.9 Å². The van der Waals surface area contributed by atoms with Crippen LogP contribution in [0.5, 0.6) is 0 Å². The average molecular weight is 484 g/mol. The summed E-state index contributed by atoms with van der Waals surface area (Å²) in [5, 5.41) is 15.2. The second-order valence-corrected chi connectivity index (χ2v) is 8.99. The maximum Gasteiger partial charge on any atom is 0.234 e. The molecule has 1 heterocycles. The van der Waals surface area contributed by atoms with E-state index in [0.29, 0.717) is 28.2 Å². The van der Waals surface area contributed by atoms with Crippen molar-refractivity contribution < 1.29 is 9.59 Å². The van der Waals surface area contributed by atoms with E-state index in [1.54, 1.807) is 22.8 Å². The highest BCUT2D eigenvalue weighted by atomic mass is 35.5. The highest BCUT2D eigenvalue weighted by Gasteiger charge is 2.17. The number of anilines is 2. The Kier molecular flexibility index (Phi) is 8.30. The molecule has 172 valence electrons. The number of benzene rings is 2. The Balaban J connectivity index is 1.63. The van der Waals surface area contributed by atoms with Crippen LogP contribution in [0.3, 0.4) is 0 Å². The van der Waals surface area contributed by atoms with Crippen molar-refractivity contribution in [2.45, 2.75) is 38.9 Å². The maximum atomic E-state index is 12.5. The van der Waals surface area contributed by atoms with E-state index in [-0.39, 0.29) is 24.0 Å². The minimum absolute atomic E-state index is 0.0294. The first-order valence-electron chi connectivity index (χ1n) is 10.4. The number of rotatable bonds is 9. The normalized spacial score (nSPS) is 10.7. The third-order valence-corrected chi connectivity index (χ3v) is 6.24. The number of aromatic nitrogens is 3. The molecule has 2 aromatic carbocycles. The van der Waals surface area contributed by atoms with Crippen LogP contribution in [0.1, 0.15) is 22.5 Å². The molecule has 9 heteroatoms. The van der Waals surface area contributed by atoms with Gasteiger partial charge in [0.05, 0.1) is 12.2 Å². The van der Waals surface area contributed by atoms with Gasteiger partial charge in [-0.2, -0.15) is 0 Å². The van der Waals surface area contributed by atoms with E-state index in [0.717, 1.165) is 22.4 Å². The number of nitrogens with zero attached hydrogens (tertiary/aromatic N) is 3. The Hall–Kier alpha value is -3.10. The SMILES string of the molecule is C=CCn1c(CC(=O)Nc2ccc(C)c(Cl)c2)nnc1SCC(=O)Nc1ccc(C)cc1C. The number of carbonyl (C=O) groups excluding carboxylic acids is 2. The van der Waals surface area contributed by atoms with Crippen LogP contribution in [-0.4, -0.2) is 32.3 Å². The molecule has 0 fully saturated rings. The molecular formula is C24H26ClN5O2S. The lowest BCUT2D eigenvalue weighted by molar-refractivity contribution is -0.116. The molecule has 2 amide bonds. The molecule has 0 bridgehead atoms. The number of carbonyl (C=O) groups is 2. The van der Waals surface area contributed by atoms with Gasteiger partial charge in [0, 0.05) is 22.9 Å². The van der Waals surface area contributed by atoms with Crippen molar-refractivity contribution in [3.8, 4) is 0 Å². The molecule has 0 saturated heterocycles. The smallest absolute Gasteiger partial charge is 0.234 e. The van der Waals surface area contributed by atoms with Crippen molar-refractivity contribution in [2.24, 2.45) is 0 Å². The van der Waals surface area contributed by atoms with Crippen LogP contribution in [0.4, 0.5) is 11.4 Å². The van der Waals surface area contributed by atoms with Crippen LogP contribution in [0.25, 0.3) is 0 Å². The molecule has 3 aromatic rings. The molecule has 0 atom stereocenters. The molecule has 7 nitrogen and oxygen atoms in total. The minimum Gasteiger partial charge on any atom is -0.326 e. The Morgan fingerprint density at radius 2 is 1.85 bits per heavy atom. The van der Waals surface area contributed by atoms with E-state index >= 15 is 0 Å². The van der Waals surface area contributed by atoms with Gasteiger partial charge in [0.15, 0.2) is 5.16 Å². The van der Waals surface area contributed by atoms with Crippen LogP contribution in [0.2, 0.25) is 5.02 Å². The summed E-state index contributed by atoms with van der Waals surface area (Å²) in [4.78, 5) is 25.0. The van der Waals surface area contributed by atoms with Gasteiger partial charge in [-0.25, -0.2) is 0 Å². The van der Waals surface area contributed by atoms with Gasteiger partial charge in [-0.1, -0.05) is 53.2 Å². The Morgan fingerprint density at radius 1 is 1.06 bits per heavy atom. The fourth-order valence-electron chi connectivity index (χ4n) is 3.16. The summed E-state index contributed by atoms with van der Waals surface area (Å²) < 4.78 is 1.78. The fourth-order valence-corrected chi connectivity index (χ4v) is 4.11. The van der Waals surface area contributed by atoms with Crippen molar-refractivity contribution in [3.05, 3.63) is 76.6 Å². The number of amides is 2. The van der Waals surface area contributed by atoms with Crippen LogP contribution >= 0.6 is 23.4 Å². The first kappa shape index (κ1) is 24.5. The first-order valence-corrected chi connectivity index (χ1v) is 11.7. The monoisotopic (exact) mass is 483 g/mol. The average Bonchev–Trinajstić information content (AvgIpc) is 3.13. The summed E-state index contributed by atoms with van der Waals surface area (Å²) >= 11 is 7.39. The lowest BCUT2D eigenvalue weighted by Crippen LogP contribution is -2.18. The van der Waals surface area contributed by atoms with Gasteiger partial charge in [0.2, 0.25) is 11.8 Å². The molecule has 0 saturated carbocycles. The van der Waals surface area contributed by atoms with E-state index in [4.69, 9.17) is 11.6 Å². The van der Waals surface area contributed by atoms with Crippen LogP contribution < -0.4 is 10.6 Å². The van der Waals surface area contributed by atoms with Gasteiger partial charge in [-0.05, 0) is 50.1 Å². The molecule has 0 radical (unpaired) electrons.